The number of aryl methyl sites for hydroxylation is 1. The fourth-order valence-corrected chi connectivity index (χ4v) is 2.66. The van der Waals surface area contributed by atoms with Gasteiger partial charge in [-0.3, -0.25) is 0 Å². The predicted octanol–water partition coefficient (Wildman–Crippen LogP) is 2.48. The van der Waals surface area contributed by atoms with Crippen molar-refractivity contribution in [1.82, 2.24) is 15.0 Å². The Morgan fingerprint density at radius 1 is 1.39 bits per heavy atom. The van der Waals surface area contributed by atoms with E-state index in [1.54, 1.807) is 12.4 Å². The second kappa shape index (κ2) is 4.13. The van der Waals surface area contributed by atoms with Crippen LogP contribution in [-0.4, -0.2) is 26.0 Å². The number of thiazole rings is 1. The van der Waals surface area contributed by atoms with E-state index in [4.69, 9.17) is 0 Å². The van der Waals surface area contributed by atoms with Crippen LogP contribution in [0.1, 0.15) is 39.7 Å². The topological polar surface area (TPSA) is 76.0 Å². The monoisotopic (exact) mass is 261 g/mol. The summed E-state index contributed by atoms with van der Waals surface area (Å²) >= 11 is 1.16. The molecule has 1 aliphatic rings. The van der Waals surface area contributed by atoms with Crippen molar-refractivity contribution in [1.29, 1.82) is 0 Å². The Morgan fingerprint density at radius 2 is 2.06 bits per heavy atom. The molecule has 1 fully saturated rings. The minimum atomic E-state index is -0.909. The van der Waals surface area contributed by atoms with Crippen molar-refractivity contribution in [3.05, 3.63) is 28.5 Å². The largest absolute Gasteiger partial charge is 0.477 e. The molecule has 0 bridgehead atoms. The van der Waals surface area contributed by atoms with Gasteiger partial charge in [0.15, 0.2) is 10.8 Å². The first-order valence-corrected chi connectivity index (χ1v) is 6.50. The van der Waals surface area contributed by atoms with Crippen LogP contribution in [-0.2, 0) is 0 Å². The number of carboxylic acid groups (broad SMARTS) is 1. The van der Waals surface area contributed by atoms with Gasteiger partial charge in [0, 0.05) is 18.3 Å². The summed E-state index contributed by atoms with van der Waals surface area (Å²) < 4.78 is 0. The molecule has 0 radical (unpaired) electrons. The van der Waals surface area contributed by atoms with Crippen LogP contribution in [0, 0.1) is 6.92 Å². The maximum absolute atomic E-state index is 11.2. The predicted molar refractivity (Wildman–Crippen MR) is 66.8 cm³/mol. The number of aromatic nitrogens is 3. The molecule has 1 aliphatic carbocycles. The highest BCUT2D eigenvalue weighted by atomic mass is 32.1. The average Bonchev–Trinajstić information content (AvgIpc) is 3.09. The fourth-order valence-electron chi connectivity index (χ4n) is 1.72. The second-order valence-electron chi connectivity index (χ2n) is 4.40. The Labute approximate surface area is 108 Å². The molecule has 92 valence electrons. The van der Waals surface area contributed by atoms with E-state index in [1.165, 1.54) is 0 Å². The van der Waals surface area contributed by atoms with Gasteiger partial charge in [0.05, 0.1) is 5.69 Å². The van der Waals surface area contributed by atoms with Crippen LogP contribution < -0.4 is 0 Å². The molecule has 0 aromatic carbocycles. The number of aromatic carboxylic acids is 1. The Morgan fingerprint density at radius 3 is 2.61 bits per heavy atom. The molecule has 6 heteroatoms. The van der Waals surface area contributed by atoms with Gasteiger partial charge in [0.25, 0.3) is 0 Å². The minimum Gasteiger partial charge on any atom is -0.477 e. The molecule has 2 heterocycles. The van der Waals surface area contributed by atoms with Crippen molar-refractivity contribution in [2.45, 2.75) is 25.7 Å². The van der Waals surface area contributed by atoms with Crippen molar-refractivity contribution < 1.29 is 9.90 Å². The SMILES string of the molecule is Cc1cnc(-c2nc(C3CC3)c(C(=O)O)s2)nc1. The van der Waals surface area contributed by atoms with Gasteiger partial charge >= 0.3 is 5.97 Å². The van der Waals surface area contributed by atoms with Crippen LogP contribution in [0.25, 0.3) is 10.8 Å². The molecule has 0 aliphatic heterocycles. The van der Waals surface area contributed by atoms with Crippen molar-refractivity contribution >= 4 is 17.3 Å². The lowest BCUT2D eigenvalue weighted by atomic mass is 10.2. The summed E-state index contributed by atoms with van der Waals surface area (Å²) in [5.74, 6) is -0.0979. The lowest BCUT2D eigenvalue weighted by Crippen LogP contribution is -1.97. The zero-order chi connectivity index (χ0) is 12.7. The summed E-state index contributed by atoms with van der Waals surface area (Å²) in [6.07, 6.45) is 5.47. The number of carboxylic acids is 1. The molecular weight excluding hydrogens is 250 g/mol. The van der Waals surface area contributed by atoms with E-state index in [2.05, 4.69) is 15.0 Å². The Kier molecular flexibility index (Phi) is 2.59. The Hall–Kier alpha value is -1.82. The molecule has 2 aromatic rings. The number of nitrogens with zero attached hydrogens (tertiary/aromatic N) is 3. The highest BCUT2D eigenvalue weighted by molar-refractivity contribution is 7.16. The summed E-state index contributed by atoms with van der Waals surface area (Å²) in [5.41, 5.74) is 1.67. The maximum atomic E-state index is 11.2. The van der Waals surface area contributed by atoms with E-state index < -0.39 is 5.97 Å². The summed E-state index contributed by atoms with van der Waals surface area (Å²) in [5, 5.41) is 9.77. The summed E-state index contributed by atoms with van der Waals surface area (Å²) in [4.78, 5) is 24.3. The third-order valence-electron chi connectivity index (χ3n) is 2.78. The van der Waals surface area contributed by atoms with Crippen molar-refractivity contribution in [2.24, 2.45) is 0 Å². The quantitative estimate of drug-likeness (QED) is 0.918. The first-order chi connectivity index (χ1) is 8.65. The van der Waals surface area contributed by atoms with Crippen molar-refractivity contribution in [3.8, 4) is 10.8 Å². The molecule has 2 aromatic heterocycles. The lowest BCUT2D eigenvalue weighted by molar-refractivity contribution is 0.0700. The summed E-state index contributed by atoms with van der Waals surface area (Å²) in [6.45, 7) is 1.91. The van der Waals surface area contributed by atoms with Gasteiger partial charge in [-0.2, -0.15) is 0 Å². The normalized spacial score (nSPS) is 14.7. The molecule has 0 spiro atoms. The molecule has 0 unspecified atom stereocenters. The molecule has 18 heavy (non-hydrogen) atoms. The van der Waals surface area contributed by atoms with Gasteiger partial charge in [-0.05, 0) is 25.3 Å². The lowest BCUT2D eigenvalue weighted by Gasteiger charge is -1.94. The van der Waals surface area contributed by atoms with E-state index in [0.717, 1.165) is 29.7 Å². The molecule has 0 saturated heterocycles. The van der Waals surface area contributed by atoms with Gasteiger partial charge in [0.2, 0.25) is 0 Å². The van der Waals surface area contributed by atoms with Crippen LogP contribution in [0.3, 0.4) is 0 Å². The Balaban J connectivity index is 2.04. The van der Waals surface area contributed by atoms with Gasteiger partial charge in [-0.25, -0.2) is 19.7 Å². The van der Waals surface area contributed by atoms with Crippen LogP contribution in [0.15, 0.2) is 12.4 Å². The van der Waals surface area contributed by atoms with Gasteiger partial charge < -0.3 is 5.11 Å². The molecule has 0 atom stereocenters. The van der Waals surface area contributed by atoms with Crippen LogP contribution >= 0.6 is 11.3 Å². The summed E-state index contributed by atoms with van der Waals surface area (Å²) in [7, 11) is 0. The van der Waals surface area contributed by atoms with E-state index in [1.807, 2.05) is 6.92 Å². The number of hydrogen-bond donors (Lipinski definition) is 1. The second-order valence-corrected chi connectivity index (χ2v) is 5.40. The van der Waals surface area contributed by atoms with E-state index in [9.17, 15) is 9.90 Å². The fraction of sp³-hybridized carbons (Fsp3) is 0.333. The van der Waals surface area contributed by atoms with Crippen molar-refractivity contribution in [3.63, 3.8) is 0 Å². The smallest absolute Gasteiger partial charge is 0.347 e. The number of rotatable bonds is 3. The average molecular weight is 261 g/mol. The zero-order valence-electron chi connectivity index (χ0n) is 9.75. The van der Waals surface area contributed by atoms with Gasteiger partial charge in [-0.1, -0.05) is 0 Å². The van der Waals surface area contributed by atoms with Crippen molar-refractivity contribution in [2.75, 3.05) is 0 Å². The van der Waals surface area contributed by atoms with E-state index in [-0.39, 0.29) is 0 Å². The molecule has 1 N–H and O–H groups in total. The van der Waals surface area contributed by atoms with Gasteiger partial charge in [0.1, 0.15) is 4.88 Å². The summed E-state index contributed by atoms with van der Waals surface area (Å²) in [6, 6.07) is 0. The van der Waals surface area contributed by atoms with Crippen LogP contribution in [0.5, 0.6) is 0 Å². The number of carbonyl (C=O) groups is 1. The molecular formula is C12H11N3O2S. The maximum Gasteiger partial charge on any atom is 0.347 e. The van der Waals surface area contributed by atoms with Gasteiger partial charge in [-0.15, -0.1) is 11.3 Å². The number of hydrogen-bond acceptors (Lipinski definition) is 5. The highest BCUT2D eigenvalue weighted by Gasteiger charge is 2.32. The van der Waals surface area contributed by atoms with Crippen LogP contribution in [0.4, 0.5) is 0 Å². The Bertz CT molecular complexity index is 602. The molecule has 1 saturated carbocycles. The zero-order valence-corrected chi connectivity index (χ0v) is 10.6. The first kappa shape index (κ1) is 11.3. The third kappa shape index (κ3) is 1.99. The van der Waals surface area contributed by atoms with E-state index >= 15 is 0 Å². The molecule has 0 amide bonds. The van der Waals surface area contributed by atoms with Crippen LogP contribution in [0.2, 0.25) is 0 Å². The molecule has 5 nitrogen and oxygen atoms in total. The van der Waals surface area contributed by atoms with E-state index in [0.29, 0.717) is 27.3 Å². The minimum absolute atomic E-state index is 0.312. The third-order valence-corrected chi connectivity index (χ3v) is 3.84. The standard InChI is InChI=1S/C12H11N3O2S/c1-6-4-13-10(14-5-6)11-15-8(7-2-3-7)9(18-11)12(16)17/h4-5,7H,2-3H2,1H3,(H,16,17). The molecule has 3 rings (SSSR count). The highest BCUT2D eigenvalue weighted by Crippen LogP contribution is 2.43. The first-order valence-electron chi connectivity index (χ1n) is 5.68.